The molecular weight excluding hydrogens is 310 g/mol. The van der Waals surface area contributed by atoms with E-state index in [9.17, 15) is 4.79 Å². The first-order chi connectivity index (χ1) is 11.0. The van der Waals surface area contributed by atoms with Gasteiger partial charge >= 0.3 is 0 Å². The van der Waals surface area contributed by atoms with Crippen molar-refractivity contribution in [2.45, 2.75) is 0 Å². The van der Waals surface area contributed by atoms with Gasteiger partial charge < -0.3 is 14.6 Å². The summed E-state index contributed by atoms with van der Waals surface area (Å²) in [7, 11) is 5.44. The van der Waals surface area contributed by atoms with Crippen LogP contribution in [0.2, 0.25) is 0 Å². The molecule has 0 saturated heterocycles. The molecule has 3 rings (SSSR count). The van der Waals surface area contributed by atoms with Gasteiger partial charge in [-0.05, 0) is 42.5 Å². The van der Waals surface area contributed by atoms with Crippen LogP contribution < -0.4 is 15.2 Å². The number of anilines is 1. The third kappa shape index (κ3) is 2.61. The van der Waals surface area contributed by atoms with Crippen LogP contribution in [0.3, 0.4) is 0 Å². The van der Waals surface area contributed by atoms with E-state index in [-0.39, 0.29) is 5.56 Å². The molecule has 0 atom stereocenters. The van der Waals surface area contributed by atoms with Crippen molar-refractivity contribution >= 4 is 28.8 Å². The van der Waals surface area contributed by atoms with Crippen LogP contribution in [0.1, 0.15) is 0 Å². The highest BCUT2D eigenvalue weighted by atomic mass is 32.1. The molecule has 0 aliphatic heterocycles. The molecule has 6 heteroatoms. The van der Waals surface area contributed by atoms with Crippen molar-refractivity contribution < 1.29 is 4.74 Å². The molecule has 5 nitrogen and oxygen atoms in total. The number of ether oxygens (including phenoxy) is 1. The Morgan fingerprint density at radius 3 is 2.61 bits per heavy atom. The summed E-state index contributed by atoms with van der Waals surface area (Å²) >= 11 is 5.38. The summed E-state index contributed by atoms with van der Waals surface area (Å²) in [4.78, 5) is 18.1. The Labute approximate surface area is 138 Å². The summed E-state index contributed by atoms with van der Waals surface area (Å²) in [5.41, 5.74) is 2.12. The van der Waals surface area contributed by atoms with Gasteiger partial charge in [-0.3, -0.25) is 4.79 Å². The number of para-hydroxylation sites is 2. The molecular formula is C17H17N3O2S. The normalized spacial score (nSPS) is 10.7. The molecule has 1 N–H and O–H groups in total. The van der Waals surface area contributed by atoms with Crippen LogP contribution >= 0.6 is 12.2 Å². The number of methoxy groups -OCH3 is 1. The molecule has 0 fully saturated rings. The summed E-state index contributed by atoms with van der Waals surface area (Å²) < 4.78 is 7.16. The fourth-order valence-corrected chi connectivity index (χ4v) is 2.80. The number of hydrogen-bond acceptors (Lipinski definition) is 4. The highest BCUT2D eigenvalue weighted by molar-refractivity contribution is 7.71. The van der Waals surface area contributed by atoms with Crippen molar-refractivity contribution in [1.82, 2.24) is 9.55 Å². The number of fused-ring (bicyclic) bond motifs is 1. The lowest BCUT2D eigenvalue weighted by atomic mass is 10.2. The van der Waals surface area contributed by atoms with Crippen molar-refractivity contribution in [3.8, 4) is 11.4 Å². The fraction of sp³-hybridized carbons (Fsp3) is 0.176. The quantitative estimate of drug-likeness (QED) is 0.751. The number of aromatic nitrogens is 2. The van der Waals surface area contributed by atoms with E-state index in [0.717, 1.165) is 11.2 Å². The Bertz CT molecular complexity index is 989. The molecule has 0 unspecified atom stereocenters. The maximum absolute atomic E-state index is 13.0. The van der Waals surface area contributed by atoms with Crippen LogP contribution in [0.25, 0.3) is 16.6 Å². The molecule has 0 radical (unpaired) electrons. The number of hydrogen-bond donors (Lipinski definition) is 1. The predicted molar refractivity (Wildman–Crippen MR) is 95.6 cm³/mol. The summed E-state index contributed by atoms with van der Waals surface area (Å²) in [5, 5.41) is 0.579. The van der Waals surface area contributed by atoms with E-state index in [2.05, 4.69) is 4.98 Å². The molecule has 3 aromatic rings. The van der Waals surface area contributed by atoms with E-state index in [0.29, 0.717) is 21.6 Å². The van der Waals surface area contributed by atoms with Gasteiger partial charge in [-0.15, -0.1) is 0 Å². The van der Waals surface area contributed by atoms with Crippen molar-refractivity contribution in [1.29, 1.82) is 0 Å². The molecule has 0 amide bonds. The molecule has 23 heavy (non-hydrogen) atoms. The molecule has 0 spiro atoms. The maximum atomic E-state index is 13.0. The van der Waals surface area contributed by atoms with Gasteiger partial charge in [0.05, 0.1) is 23.7 Å². The molecule has 2 aromatic carbocycles. The van der Waals surface area contributed by atoms with Gasteiger partial charge in [-0.1, -0.05) is 12.1 Å². The zero-order chi connectivity index (χ0) is 16.6. The first kappa shape index (κ1) is 15.3. The second kappa shape index (κ2) is 5.89. The van der Waals surface area contributed by atoms with E-state index < -0.39 is 0 Å². The smallest absolute Gasteiger partial charge is 0.266 e. The summed E-state index contributed by atoms with van der Waals surface area (Å²) in [6.07, 6.45) is 0. The highest BCUT2D eigenvalue weighted by Gasteiger charge is 2.12. The van der Waals surface area contributed by atoms with Crippen molar-refractivity contribution in [3.05, 3.63) is 57.6 Å². The Morgan fingerprint density at radius 2 is 1.91 bits per heavy atom. The summed E-state index contributed by atoms with van der Waals surface area (Å²) in [6, 6.07) is 13.0. The van der Waals surface area contributed by atoms with Gasteiger partial charge in [-0.25, -0.2) is 4.57 Å². The zero-order valence-electron chi connectivity index (χ0n) is 13.2. The Balaban J connectivity index is 2.38. The number of benzene rings is 2. The van der Waals surface area contributed by atoms with Crippen molar-refractivity contribution in [3.63, 3.8) is 0 Å². The van der Waals surface area contributed by atoms with Crippen LogP contribution in [0.5, 0.6) is 5.75 Å². The molecule has 0 aliphatic carbocycles. The van der Waals surface area contributed by atoms with Gasteiger partial charge in [0.1, 0.15) is 5.75 Å². The Hall–Kier alpha value is -2.60. The number of nitrogens with one attached hydrogen (secondary N) is 1. The third-order valence-electron chi connectivity index (χ3n) is 3.72. The predicted octanol–water partition coefficient (Wildman–Crippen LogP) is 3.12. The largest absolute Gasteiger partial charge is 0.495 e. The minimum absolute atomic E-state index is 0.169. The topological polar surface area (TPSA) is 50.3 Å². The molecule has 1 aromatic heterocycles. The second-order valence-electron chi connectivity index (χ2n) is 5.37. The minimum atomic E-state index is -0.169. The Morgan fingerprint density at radius 1 is 1.17 bits per heavy atom. The number of rotatable bonds is 3. The van der Waals surface area contributed by atoms with E-state index in [1.807, 2.05) is 55.4 Å². The average molecular weight is 327 g/mol. The number of nitrogens with zero attached hydrogens (tertiary/aromatic N) is 2. The van der Waals surface area contributed by atoms with Gasteiger partial charge in [0.2, 0.25) is 0 Å². The van der Waals surface area contributed by atoms with Crippen LogP contribution in [0.15, 0.2) is 47.3 Å². The minimum Gasteiger partial charge on any atom is -0.495 e. The molecule has 0 aliphatic rings. The van der Waals surface area contributed by atoms with E-state index in [4.69, 9.17) is 17.0 Å². The van der Waals surface area contributed by atoms with Crippen LogP contribution in [0.4, 0.5) is 5.69 Å². The lowest BCUT2D eigenvalue weighted by Crippen LogP contribution is -2.21. The van der Waals surface area contributed by atoms with E-state index >= 15 is 0 Å². The standard InChI is InChI=1S/C17H17N3O2S/c1-19(2)11-8-9-13-12(10-11)16(21)20(17(23)18-13)14-6-4-5-7-15(14)22-3/h4-10H,1-3H3,(H,18,23). The van der Waals surface area contributed by atoms with Crippen molar-refractivity contribution in [2.24, 2.45) is 0 Å². The molecule has 118 valence electrons. The fourth-order valence-electron chi connectivity index (χ4n) is 2.51. The first-order valence-electron chi connectivity index (χ1n) is 7.12. The lowest BCUT2D eigenvalue weighted by molar-refractivity contribution is 0.412. The molecule has 0 bridgehead atoms. The van der Waals surface area contributed by atoms with Crippen LogP contribution in [-0.4, -0.2) is 30.8 Å². The van der Waals surface area contributed by atoms with Crippen LogP contribution in [-0.2, 0) is 0 Å². The first-order valence-corrected chi connectivity index (χ1v) is 7.53. The van der Waals surface area contributed by atoms with Gasteiger partial charge in [0.15, 0.2) is 4.77 Å². The lowest BCUT2D eigenvalue weighted by Gasteiger charge is -2.15. The highest BCUT2D eigenvalue weighted by Crippen LogP contribution is 2.23. The Kier molecular flexibility index (Phi) is 3.92. The summed E-state index contributed by atoms with van der Waals surface area (Å²) in [6.45, 7) is 0. The molecule has 1 heterocycles. The van der Waals surface area contributed by atoms with Gasteiger partial charge in [-0.2, -0.15) is 0 Å². The number of aromatic amines is 1. The SMILES string of the molecule is COc1ccccc1-n1c(=S)[nH]c2ccc(N(C)C)cc2c1=O. The number of H-pyrrole nitrogens is 1. The van der Waals surface area contributed by atoms with Gasteiger partial charge in [0.25, 0.3) is 5.56 Å². The van der Waals surface area contributed by atoms with Gasteiger partial charge in [0, 0.05) is 19.8 Å². The molecule has 0 saturated carbocycles. The maximum Gasteiger partial charge on any atom is 0.266 e. The zero-order valence-corrected chi connectivity index (χ0v) is 14.0. The second-order valence-corrected chi connectivity index (χ2v) is 5.75. The van der Waals surface area contributed by atoms with Crippen LogP contribution in [0, 0.1) is 4.77 Å². The van der Waals surface area contributed by atoms with E-state index in [1.165, 1.54) is 4.57 Å². The van der Waals surface area contributed by atoms with E-state index in [1.54, 1.807) is 13.2 Å². The third-order valence-corrected chi connectivity index (χ3v) is 4.01. The van der Waals surface area contributed by atoms with Crippen molar-refractivity contribution in [2.75, 3.05) is 26.1 Å². The monoisotopic (exact) mass is 327 g/mol. The summed E-state index contributed by atoms with van der Waals surface area (Å²) in [5.74, 6) is 0.595. The average Bonchev–Trinajstić information content (AvgIpc) is 2.55.